The summed E-state index contributed by atoms with van der Waals surface area (Å²) in [5, 5.41) is 5.44. The van der Waals surface area contributed by atoms with Crippen molar-refractivity contribution in [2.45, 2.75) is 12.8 Å². The second-order valence-electron chi connectivity index (χ2n) is 6.58. The van der Waals surface area contributed by atoms with Gasteiger partial charge in [0.1, 0.15) is 0 Å². The van der Waals surface area contributed by atoms with Crippen LogP contribution in [0.5, 0.6) is 0 Å². The van der Waals surface area contributed by atoms with Crippen LogP contribution in [0.15, 0.2) is 54.6 Å². The Morgan fingerprint density at radius 1 is 1.04 bits per heavy atom. The average molecular weight is 386 g/mol. The third-order valence-corrected chi connectivity index (χ3v) is 5.89. The van der Waals surface area contributed by atoms with Crippen molar-refractivity contribution in [3.8, 4) is 22.8 Å². The van der Waals surface area contributed by atoms with E-state index in [1.54, 1.807) is 24.3 Å². The highest BCUT2D eigenvalue weighted by molar-refractivity contribution is 7.17. The van der Waals surface area contributed by atoms with Crippen molar-refractivity contribution in [1.82, 2.24) is 5.32 Å². The van der Waals surface area contributed by atoms with E-state index in [1.165, 1.54) is 28.0 Å². The van der Waals surface area contributed by atoms with Gasteiger partial charge in [0.15, 0.2) is 0 Å². The number of benzene rings is 2. The molecule has 2 aromatic carbocycles. The van der Waals surface area contributed by atoms with Crippen molar-refractivity contribution >= 4 is 28.8 Å². The Kier molecular flexibility index (Phi) is 4.96. The number of carbonyl (C=O) groups is 2. The third-order valence-electron chi connectivity index (χ3n) is 4.68. The maximum absolute atomic E-state index is 12.5. The number of nitrogens with one attached hydrogen (secondary N) is 2. The van der Waals surface area contributed by atoms with E-state index < -0.39 is 0 Å². The largest absolute Gasteiger partial charge is 0.342 e. The summed E-state index contributed by atoms with van der Waals surface area (Å²) in [5.41, 5.74) is 5.02. The van der Waals surface area contributed by atoms with E-state index in [0.717, 1.165) is 17.7 Å². The van der Waals surface area contributed by atoms with Crippen LogP contribution in [0.3, 0.4) is 0 Å². The summed E-state index contributed by atoms with van der Waals surface area (Å²) in [6.07, 6.45) is 7.28. The van der Waals surface area contributed by atoms with Gasteiger partial charge in [-0.1, -0.05) is 36.3 Å². The minimum absolute atomic E-state index is 0.0989. The monoisotopic (exact) mass is 386 g/mol. The molecule has 28 heavy (non-hydrogen) atoms. The van der Waals surface area contributed by atoms with Crippen molar-refractivity contribution in [2.75, 3.05) is 11.9 Å². The van der Waals surface area contributed by atoms with Gasteiger partial charge in [0.25, 0.3) is 5.91 Å². The number of carbonyl (C=O) groups excluding carboxylic acids is 2. The highest BCUT2D eigenvalue weighted by atomic mass is 32.1. The highest BCUT2D eigenvalue weighted by Crippen LogP contribution is 2.39. The molecular weight excluding hydrogens is 368 g/mol. The summed E-state index contributed by atoms with van der Waals surface area (Å²) in [6, 6.07) is 17.3. The van der Waals surface area contributed by atoms with Crippen molar-refractivity contribution in [3.63, 3.8) is 0 Å². The fourth-order valence-corrected chi connectivity index (χ4v) is 4.51. The second-order valence-corrected chi connectivity index (χ2v) is 7.63. The lowest BCUT2D eigenvalue weighted by Gasteiger charge is -2.15. The van der Waals surface area contributed by atoms with E-state index in [0.29, 0.717) is 16.1 Å². The number of hydrogen-bond acceptors (Lipinski definition) is 3. The lowest BCUT2D eigenvalue weighted by Crippen LogP contribution is -2.32. The number of rotatable bonds is 4. The summed E-state index contributed by atoms with van der Waals surface area (Å²) < 4.78 is 0. The molecule has 0 unspecified atom stereocenters. The number of hydrogen-bond donors (Lipinski definition) is 2. The normalized spacial score (nSPS) is 11.7. The van der Waals surface area contributed by atoms with Crippen molar-refractivity contribution < 1.29 is 9.59 Å². The van der Waals surface area contributed by atoms with Crippen LogP contribution in [0.2, 0.25) is 0 Å². The Morgan fingerprint density at radius 2 is 1.86 bits per heavy atom. The van der Waals surface area contributed by atoms with Crippen molar-refractivity contribution in [2.24, 2.45) is 0 Å². The van der Waals surface area contributed by atoms with Gasteiger partial charge in [-0.05, 0) is 53.8 Å². The predicted octanol–water partition coefficient (Wildman–Crippen LogP) is 3.86. The second kappa shape index (κ2) is 7.71. The van der Waals surface area contributed by atoms with Gasteiger partial charge in [-0.15, -0.1) is 17.8 Å². The Bertz CT molecular complexity index is 1110. The molecular formula is C23H18N2O2S. The molecule has 0 bridgehead atoms. The number of aryl methyl sites for hydroxylation is 2. The molecule has 0 atom stereocenters. The van der Waals surface area contributed by atoms with Gasteiger partial charge in [-0.25, -0.2) is 0 Å². The van der Waals surface area contributed by atoms with Crippen LogP contribution in [0.1, 0.15) is 26.4 Å². The highest BCUT2D eigenvalue weighted by Gasteiger charge is 2.21. The van der Waals surface area contributed by atoms with Crippen LogP contribution in [0.25, 0.3) is 10.4 Å². The maximum Gasteiger partial charge on any atom is 0.261 e. The summed E-state index contributed by atoms with van der Waals surface area (Å²) in [4.78, 5) is 26.4. The Hall–Kier alpha value is -3.36. The third kappa shape index (κ3) is 3.68. The maximum atomic E-state index is 12.5. The predicted molar refractivity (Wildman–Crippen MR) is 113 cm³/mol. The van der Waals surface area contributed by atoms with E-state index >= 15 is 0 Å². The number of fused-ring (bicyclic) bond motifs is 3. The average Bonchev–Trinajstić information content (AvgIpc) is 3.17. The number of terminal acetylenes is 1. The van der Waals surface area contributed by atoms with Gasteiger partial charge in [0.05, 0.1) is 11.4 Å². The molecule has 0 saturated carbocycles. The molecule has 1 aromatic heterocycles. The lowest BCUT2D eigenvalue weighted by atomic mass is 9.91. The molecule has 0 aliphatic heterocycles. The van der Waals surface area contributed by atoms with Gasteiger partial charge in [-0.3, -0.25) is 9.59 Å². The first-order valence-corrected chi connectivity index (χ1v) is 9.81. The Morgan fingerprint density at radius 3 is 2.71 bits per heavy atom. The van der Waals surface area contributed by atoms with Crippen LogP contribution in [-0.4, -0.2) is 18.4 Å². The molecule has 0 saturated heterocycles. The molecule has 138 valence electrons. The van der Waals surface area contributed by atoms with Crippen LogP contribution >= 0.6 is 11.3 Å². The van der Waals surface area contributed by atoms with Gasteiger partial charge < -0.3 is 10.6 Å². The summed E-state index contributed by atoms with van der Waals surface area (Å²) in [7, 11) is 0. The molecule has 0 spiro atoms. The quantitative estimate of drug-likeness (QED) is 0.669. The topological polar surface area (TPSA) is 58.2 Å². The van der Waals surface area contributed by atoms with E-state index in [9.17, 15) is 9.59 Å². The fourth-order valence-electron chi connectivity index (χ4n) is 3.32. The standard InChI is InChI=1S/C23H18N2O2S/c1-2-15-6-5-8-18(12-15)25-21(26)14-24-23(27)20-13-17-11-10-16-7-3-4-9-19(16)22(17)28-20/h1,3-9,12-13H,10-11,14H2,(H,24,27)(H,25,26). The van der Waals surface area contributed by atoms with Gasteiger partial charge in [0, 0.05) is 16.1 Å². The number of amides is 2. The van der Waals surface area contributed by atoms with E-state index in [2.05, 4.69) is 28.7 Å². The molecule has 5 heteroatoms. The molecule has 0 fully saturated rings. The fraction of sp³-hybridized carbons (Fsp3) is 0.130. The SMILES string of the molecule is C#Cc1cccc(NC(=O)CNC(=O)c2cc3c(s2)-c2ccccc2CC3)c1. The smallest absolute Gasteiger partial charge is 0.261 e. The lowest BCUT2D eigenvalue weighted by molar-refractivity contribution is -0.115. The van der Waals surface area contributed by atoms with Crippen LogP contribution in [0.4, 0.5) is 5.69 Å². The van der Waals surface area contributed by atoms with Crippen LogP contribution in [-0.2, 0) is 17.6 Å². The molecule has 2 N–H and O–H groups in total. The first-order valence-electron chi connectivity index (χ1n) is 9.00. The summed E-state index contributed by atoms with van der Waals surface area (Å²) in [5.74, 6) is 1.99. The first-order chi connectivity index (χ1) is 13.6. The van der Waals surface area contributed by atoms with E-state index in [1.807, 2.05) is 18.2 Å². The van der Waals surface area contributed by atoms with Crippen molar-refractivity contribution in [1.29, 1.82) is 0 Å². The minimum atomic E-state index is -0.297. The van der Waals surface area contributed by atoms with E-state index in [-0.39, 0.29) is 18.4 Å². The Labute approximate surface area is 167 Å². The zero-order valence-corrected chi connectivity index (χ0v) is 15.9. The zero-order chi connectivity index (χ0) is 19.5. The Balaban J connectivity index is 1.40. The molecule has 1 aliphatic carbocycles. The van der Waals surface area contributed by atoms with Gasteiger partial charge in [0.2, 0.25) is 5.91 Å². The molecule has 0 radical (unpaired) electrons. The zero-order valence-electron chi connectivity index (χ0n) is 15.1. The molecule has 4 rings (SSSR count). The van der Waals surface area contributed by atoms with Crippen molar-refractivity contribution in [3.05, 3.63) is 76.2 Å². The summed E-state index contributed by atoms with van der Waals surface area (Å²) >= 11 is 1.48. The molecule has 3 aromatic rings. The summed E-state index contributed by atoms with van der Waals surface area (Å²) in [6.45, 7) is -0.0989. The molecule has 2 amide bonds. The van der Waals surface area contributed by atoms with Crippen LogP contribution < -0.4 is 10.6 Å². The first kappa shape index (κ1) is 18.0. The number of thiophene rings is 1. The minimum Gasteiger partial charge on any atom is -0.342 e. The molecule has 1 heterocycles. The molecule has 4 nitrogen and oxygen atoms in total. The van der Waals surface area contributed by atoms with Gasteiger partial charge in [-0.2, -0.15) is 0 Å². The van der Waals surface area contributed by atoms with E-state index in [4.69, 9.17) is 6.42 Å². The number of anilines is 1. The van der Waals surface area contributed by atoms with Crippen LogP contribution in [0, 0.1) is 12.3 Å². The molecule has 1 aliphatic rings. The van der Waals surface area contributed by atoms with Gasteiger partial charge >= 0.3 is 0 Å².